The van der Waals surface area contributed by atoms with Crippen molar-refractivity contribution in [1.29, 1.82) is 0 Å². The number of carbonyl (C=O) groups excluding carboxylic acids is 1. The molecule has 0 atom stereocenters. The number of allylic oxidation sites excluding steroid dienone is 1. The smallest absolute Gasteiger partial charge is 0.231 e. The zero-order chi connectivity index (χ0) is 21.4. The minimum Gasteiger partial charge on any atom is -0.493 e. The van der Waals surface area contributed by atoms with Crippen molar-refractivity contribution in [3.05, 3.63) is 52.3 Å². The molecule has 0 N–H and O–H groups in total. The fourth-order valence-corrected chi connectivity index (χ4v) is 4.02. The van der Waals surface area contributed by atoms with E-state index in [0.717, 1.165) is 35.5 Å². The van der Waals surface area contributed by atoms with Crippen molar-refractivity contribution in [2.45, 2.75) is 27.3 Å². The molecule has 4 rings (SSSR count). The average molecular weight is 409 g/mol. The van der Waals surface area contributed by atoms with Gasteiger partial charge in [0.05, 0.1) is 19.8 Å². The van der Waals surface area contributed by atoms with Crippen LogP contribution >= 0.6 is 0 Å². The van der Waals surface area contributed by atoms with Crippen molar-refractivity contribution in [3.63, 3.8) is 0 Å². The molecule has 0 saturated heterocycles. The second-order valence-electron chi connectivity index (χ2n) is 8.10. The Hall–Kier alpha value is -2.99. The molecular weight excluding hydrogens is 382 g/mol. The summed E-state index contributed by atoms with van der Waals surface area (Å²) in [4.78, 5) is 15.3. The third-order valence-corrected chi connectivity index (χ3v) is 5.33. The van der Waals surface area contributed by atoms with Gasteiger partial charge in [-0.1, -0.05) is 19.9 Å². The summed E-state index contributed by atoms with van der Waals surface area (Å²) in [5.74, 6) is 3.37. The fourth-order valence-electron chi connectivity index (χ4n) is 4.02. The molecule has 2 aromatic rings. The molecule has 6 nitrogen and oxygen atoms in total. The van der Waals surface area contributed by atoms with E-state index < -0.39 is 0 Å². The van der Waals surface area contributed by atoms with Crippen LogP contribution in [0.2, 0.25) is 0 Å². The molecular formula is C24H27NO5. The number of benzene rings is 2. The number of fused-ring (bicyclic) bond motifs is 2. The van der Waals surface area contributed by atoms with Crippen LogP contribution in [0.4, 0.5) is 0 Å². The number of ether oxygens (including phenoxy) is 4. The van der Waals surface area contributed by atoms with E-state index in [1.54, 1.807) is 26.4 Å². The van der Waals surface area contributed by atoms with Gasteiger partial charge in [-0.3, -0.25) is 9.69 Å². The Morgan fingerprint density at radius 2 is 1.90 bits per heavy atom. The molecule has 2 aliphatic rings. The molecule has 0 fully saturated rings. The van der Waals surface area contributed by atoms with Gasteiger partial charge in [-0.2, -0.15) is 0 Å². The summed E-state index contributed by atoms with van der Waals surface area (Å²) in [7, 11) is 3.17. The second kappa shape index (κ2) is 8.03. The molecule has 0 aromatic heterocycles. The van der Waals surface area contributed by atoms with Crippen LogP contribution in [-0.2, 0) is 6.54 Å². The maximum Gasteiger partial charge on any atom is 0.231 e. The Morgan fingerprint density at radius 1 is 1.13 bits per heavy atom. The van der Waals surface area contributed by atoms with Crippen molar-refractivity contribution in [2.75, 3.05) is 27.5 Å². The van der Waals surface area contributed by atoms with Crippen LogP contribution in [0.15, 0.2) is 30.0 Å². The summed E-state index contributed by atoms with van der Waals surface area (Å²) < 4.78 is 22.6. The maximum absolute atomic E-state index is 13.1. The Bertz CT molecular complexity index is 1020. The first kappa shape index (κ1) is 20.3. The van der Waals surface area contributed by atoms with Crippen LogP contribution in [0.3, 0.4) is 0 Å². The van der Waals surface area contributed by atoms with Gasteiger partial charge >= 0.3 is 0 Å². The molecule has 0 bridgehead atoms. The zero-order valence-corrected chi connectivity index (χ0v) is 18.1. The van der Waals surface area contributed by atoms with E-state index in [1.807, 2.05) is 25.1 Å². The van der Waals surface area contributed by atoms with Crippen LogP contribution in [0, 0.1) is 12.8 Å². The monoisotopic (exact) mass is 409 g/mol. The first-order valence-electron chi connectivity index (χ1n) is 10.1. The highest BCUT2D eigenvalue weighted by atomic mass is 16.5. The largest absolute Gasteiger partial charge is 0.493 e. The number of Topliss-reactive ketones (excluding diaryl/α,β-unsaturated/α-hetero) is 1. The first-order chi connectivity index (χ1) is 14.4. The van der Waals surface area contributed by atoms with Crippen molar-refractivity contribution >= 4 is 11.9 Å². The normalized spacial score (nSPS) is 16.9. The quantitative estimate of drug-likeness (QED) is 0.681. The molecule has 2 heterocycles. The van der Waals surface area contributed by atoms with Crippen LogP contribution in [0.1, 0.15) is 40.9 Å². The summed E-state index contributed by atoms with van der Waals surface area (Å²) in [6.07, 6.45) is 1.73. The van der Waals surface area contributed by atoms with E-state index in [1.165, 1.54) is 0 Å². The topological polar surface area (TPSA) is 57.2 Å². The average Bonchev–Trinajstić information content (AvgIpc) is 3.03. The predicted molar refractivity (Wildman–Crippen MR) is 114 cm³/mol. The number of nitrogens with zero attached hydrogens (tertiary/aromatic N) is 1. The summed E-state index contributed by atoms with van der Waals surface area (Å²) in [5.41, 5.74) is 3.29. The van der Waals surface area contributed by atoms with Crippen LogP contribution in [0.5, 0.6) is 23.0 Å². The highest BCUT2D eigenvalue weighted by Gasteiger charge is 2.33. The van der Waals surface area contributed by atoms with Gasteiger partial charge in [0.15, 0.2) is 17.3 Å². The Morgan fingerprint density at radius 3 is 2.60 bits per heavy atom. The maximum atomic E-state index is 13.1. The summed E-state index contributed by atoms with van der Waals surface area (Å²) in [6.45, 7) is 8.59. The Balaban J connectivity index is 1.65. The second-order valence-corrected chi connectivity index (χ2v) is 8.10. The van der Waals surface area contributed by atoms with Gasteiger partial charge < -0.3 is 18.9 Å². The Labute approximate surface area is 177 Å². The van der Waals surface area contributed by atoms with Gasteiger partial charge in [-0.25, -0.2) is 0 Å². The molecule has 0 saturated carbocycles. The summed E-state index contributed by atoms with van der Waals surface area (Å²) in [5, 5.41) is 0. The van der Waals surface area contributed by atoms with Crippen molar-refractivity contribution in [3.8, 4) is 23.0 Å². The highest BCUT2D eigenvalue weighted by molar-refractivity contribution is 6.15. The molecule has 6 heteroatoms. The van der Waals surface area contributed by atoms with Crippen LogP contribution in [0.25, 0.3) is 6.08 Å². The number of methoxy groups -OCH3 is 2. The van der Waals surface area contributed by atoms with E-state index in [0.29, 0.717) is 41.2 Å². The molecule has 0 radical (unpaired) electrons. The first-order valence-corrected chi connectivity index (χ1v) is 10.1. The lowest BCUT2D eigenvalue weighted by atomic mass is 9.99. The molecule has 0 amide bonds. The van der Waals surface area contributed by atoms with Gasteiger partial charge in [0.1, 0.15) is 18.2 Å². The predicted octanol–water partition coefficient (Wildman–Crippen LogP) is 4.44. The van der Waals surface area contributed by atoms with Crippen LogP contribution < -0.4 is 18.9 Å². The summed E-state index contributed by atoms with van der Waals surface area (Å²) in [6, 6.07) is 7.40. The van der Waals surface area contributed by atoms with Crippen molar-refractivity contribution in [2.24, 2.45) is 5.92 Å². The van der Waals surface area contributed by atoms with Gasteiger partial charge in [0.25, 0.3) is 0 Å². The minimum atomic E-state index is -0.119. The Kier molecular flexibility index (Phi) is 5.43. The molecule has 158 valence electrons. The number of carbonyl (C=O) groups is 1. The molecule has 0 spiro atoms. The SMILES string of the molecule is COc1ccc(/C=C2\Oc3c(cc4c(c3C)OCN(CC(C)C)C4)C2=O)cc1OC. The lowest BCUT2D eigenvalue weighted by Gasteiger charge is -2.31. The third-order valence-electron chi connectivity index (χ3n) is 5.33. The number of hydrogen-bond acceptors (Lipinski definition) is 6. The minimum absolute atomic E-state index is 0.119. The van der Waals surface area contributed by atoms with Crippen LogP contribution in [-0.4, -0.2) is 38.2 Å². The number of hydrogen-bond donors (Lipinski definition) is 0. The van der Waals surface area contributed by atoms with Gasteiger partial charge in [-0.15, -0.1) is 0 Å². The van der Waals surface area contributed by atoms with Gasteiger partial charge in [-0.05, 0) is 42.7 Å². The standard InChI is InChI=1S/C24H27NO5/c1-14(2)11-25-12-17-10-18-22(26)21(30-24(18)15(3)23(17)29-13-25)9-16-6-7-19(27-4)20(8-16)28-5/h6-10,14H,11-13H2,1-5H3/b21-9-. The molecule has 2 aliphatic heterocycles. The van der Waals surface area contributed by atoms with E-state index in [4.69, 9.17) is 18.9 Å². The van der Waals surface area contributed by atoms with E-state index in [2.05, 4.69) is 18.7 Å². The lowest BCUT2D eigenvalue weighted by molar-refractivity contribution is 0.0835. The fraction of sp³-hybridized carbons (Fsp3) is 0.375. The van der Waals surface area contributed by atoms with Crippen molar-refractivity contribution < 1.29 is 23.7 Å². The third kappa shape index (κ3) is 3.63. The van der Waals surface area contributed by atoms with Gasteiger partial charge in [0.2, 0.25) is 5.78 Å². The highest BCUT2D eigenvalue weighted by Crippen LogP contribution is 2.43. The van der Waals surface area contributed by atoms with Gasteiger partial charge in [0, 0.05) is 24.2 Å². The number of ketones is 1. The lowest BCUT2D eigenvalue weighted by Crippen LogP contribution is -2.35. The molecule has 30 heavy (non-hydrogen) atoms. The van der Waals surface area contributed by atoms with E-state index in [-0.39, 0.29) is 5.78 Å². The molecule has 0 aliphatic carbocycles. The van der Waals surface area contributed by atoms with E-state index >= 15 is 0 Å². The van der Waals surface area contributed by atoms with E-state index in [9.17, 15) is 4.79 Å². The zero-order valence-electron chi connectivity index (χ0n) is 18.1. The summed E-state index contributed by atoms with van der Waals surface area (Å²) >= 11 is 0. The van der Waals surface area contributed by atoms with Crippen molar-refractivity contribution in [1.82, 2.24) is 4.90 Å². The molecule has 2 aromatic carbocycles. The molecule has 0 unspecified atom stereocenters. The number of rotatable bonds is 5.